The third kappa shape index (κ3) is 3.00. The molecule has 0 saturated heterocycles. The van der Waals surface area contributed by atoms with Crippen LogP contribution in [0.2, 0.25) is 0 Å². The highest BCUT2D eigenvalue weighted by Gasteiger charge is 2.12. The van der Waals surface area contributed by atoms with Crippen LogP contribution in [0.5, 0.6) is 0 Å². The fraction of sp³-hybridized carbons (Fsp3) is 0.400. The minimum atomic E-state index is 0.535. The molecule has 1 aromatic carbocycles. The molecule has 1 atom stereocenters. The highest BCUT2D eigenvalue weighted by Crippen LogP contribution is 2.27. The van der Waals surface area contributed by atoms with Gasteiger partial charge >= 0.3 is 0 Å². The number of aromatic nitrogens is 1. The minimum Gasteiger partial charge on any atom is -0.453 e. The van der Waals surface area contributed by atoms with E-state index in [2.05, 4.69) is 68.7 Å². The van der Waals surface area contributed by atoms with Gasteiger partial charge in [0.05, 0.1) is 6.07 Å². The van der Waals surface area contributed by atoms with Crippen LogP contribution in [0.3, 0.4) is 0 Å². The van der Waals surface area contributed by atoms with E-state index >= 15 is 0 Å². The van der Waals surface area contributed by atoms with E-state index in [1.807, 2.05) is 0 Å². The molecule has 3 nitrogen and oxygen atoms in total. The van der Waals surface area contributed by atoms with Crippen molar-refractivity contribution in [3.63, 3.8) is 0 Å². The second kappa shape index (κ2) is 6.53. The van der Waals surface area contributed by atoms with Crippen LogP contribution in [-0.2, 0) is 0 Å². The van der Waals surface area contributed by atoms with Crippen LogP contribution in [0.4, 0.5) is 0 Å². The minimum absolute atomic E-state index is 0.535. The summed E-state index contributed by atoms with van der Waals surface area (Å²) < 4.78 is 8.49. The van der Waals surface area contributed by atoms with E-state index < -0.39 is 0 Å². The van der Waals surface area contributed by atoms with Gasteiger partial charge in [-0.1, -0.05) is 19.9 Å². The molecule has 1 aliphatic heterocycles. The van der Waals surface area contributed by atoms with Gasteiger partial charge in [-0.2, -0.15) is 0 Å². The van der Waals surface area contributed by atoms with E-state index in [1.54, 1.807) is 0 Å². The second-order valence-corrected chi connectivity index (χ2v) is 6.07. The summed E-state index contributed by atoms with van der Waals surface area (Å²) in [5.74, 6) is 1.38. The highest BCUT2D eigenvalue weighted by molar-refractivity contribution is 5.77. The Morgan fingerprint density at radius 2 is 1.83 bits per heavy atom. The maximum atomic E-state index is 6.17. The van der Waals surface area contributed by atoms with Crippen molar-refractivity contribution in [2.24, 2.45) is 0 Å². The topological polar surface area (TPSA) is 29.0 Å². The van der Waals surface area contributed by atoms with Gasteiger partial charge in [0.2, 0.25) is 5.36 Å². The van der Waals surface area contributed by atoms with E-state index in [0.29, 0.717) is 5.92 Å². The lowest BCUT2D eigenvalue weighted by Crippen LogP contribution is -2.29. The molecule has 3 rings (SSSR count). The first-order chi connectivity index (χ1) is 11.2. The Morgan fingerprint density at radius 3 is 2.52 bits per heavy atom. The second-order valence-electron chi connectivity index (χ2n) is 6.07. The average Bonchev–Trinajstić information content (AvgIpc) is 2.59. The molecule has 0 spiro atoms. The predicted octanol–water partition coefficient (Wildman–Crippen LogP) is 4.26. The zero-order valence-corrected chi connectivity index (χ0v) is 14.5. The fourth-order valence-corrected chi connectivity index (χ4v) is 2.96. The zero-order chi connectivity index (χ0) is 16.4. The van der Waals surface area contributed by atoms with Crippen LogP contribution in [0, 0.1) is 0 Å². The lowest BCUT2D eigenvalue weighted by molar-refractivity contribution is 0.598. The molecule has 0 aromatic heterocycles. The molecule has 0 radical (unpaired) electrons. The van der Waals surface area contributed by atoms with Crippen LogP contribution in [0.15, 0.2) is 40.8 Å². The molecule has 2 aliphatic rings. The molecule has 3 heteroatoms. The molecule has 0 amide bonds. The molecule has 0 bridgehead atoms. The SMILES string of the molecule is CCC(C)c1ccc2nc3ccc(=[N+](CC)CC)cc-3oc2c1. The molecule has 1 aliphatic carbocycles. The van der Waals surface area contributed by atoms with E-state index in [-0.39, 0.29) is 0 Å². The summed E-state index contributed by atoms with van der Waals surface area (Å²) in [4.78, 5) is 4.74. The number of benzene rings is 2. The molecule has 1 heterocycles. The van der Waals surface area contributed by atoms with Crippen molar-refractivity contribution >= 4 is 11.1 Å². The first kappa shape index (κ1) is 15.7. The number of rotatable bonds is 4. The van der Waals surface area contributed by atoms with Gasteiger partial charge in [0.15, 0.2) is 11.3 Å². The van der Waals surface area contributed by atoms with E-state index in [0.717, 1.165) is 42.1 Å². The molecule has 0 saturated carbocycles. The van der Waals surface area contributed by atoms with Crippen LogP contribution < -0.4 is 9.93 Å². The molecule has 23 heavy (non-hydrogen) atoms. The molecule has 120 valence electrons. The van der Waals surface area contributed by atoms with Crippen LogP contribution in [0.25, 0.3) is 22.6 Å². The lowest BCUT2D eigenvalue weighted by Gasteiger charge is -2.11. The molecule has 0 N–H and O–H groups in total. The highest BCUT2D eigenvalue weighted by atomic mass is 16.3. The lowest BCUT2D eigenvalue weighted by atomic mass is 9.98. The molecule has 1 unspecified atom stereocenters. The number of hydrogen-bond donors (Lipinski definition) is 0. The molecule has 0 fully saturated rings. The summed E-state index contributed by atoms with van der Waals surface area (Å²) in [6.07, 6.45) is 1.12. The number of hydrogen-bond acceptors (Lipinski definition) is 2. The molecular weight excluding hydrogens is 284 g/mol. The van der Waals surface area contributed by atoms with Gasteiger partial charge in [-0.15, -0.1) is 0 Å². The van der Waals surface area contributed by atoms with Crippen molar-refractivity contribution in [3.8, 4) is 11.5 Å². The third-order valence-corrected chi connectivity index (χ3v) is 4.70. The quantitative estimate of drug-likeness (QED) is 0.532. The predicted molar refractivity (Wildman–Crippen MR) is 95.7 cm³/mol. The van der Waals surface area contributed by atoms with E-state index in [4.69, 9.17) is 9.40 Å². The fourth-order valence-electron chi connectivity index (χ4n) is 2.96. The van der Waals surface area contributed by atoms with Crippen molar-refractivity contribution in [3.05, 3.63) is 47.3 Å². The summed E-state index contributed by atoms with van der Waals surface area (Å²) in [6, 6.07) is 12.6. The molecule has 1 aromatic rings. The van der Waals surface area contributed by atoms with Crippen molar-refractivity contribution in [1.82, 2.24) is 9.56 Å². The Kier molecular flexibility index (Phi) is 4.46. The van der Waals surface area contributed by atoms with Gasteiger partial charge in [-0.25, -0.2) is 9.56 Å². The van der Waals surface area contributed by atoms with Gasteiger partial charge < -0.3 is 4.42 Å². The summed E-state index contributed by atoms with van der Waals surface area (Å²) in [5.41, 5.74) is 4.00. The van der Waals surface area contributed by atoms with E-state index in [1.165, 1.54) is 10.9 Å². The normalized spacial score (nSPS) is 12.7. The van der Waals surface area contributed by atoms with Crippen molar-refractivity contribution < 1.29 is 4.42 Å². The molecular formula is C20H25N2O+. The van der Waals surface area contributed by atoms with Gasteiger partial charge in [0.25, 0.3) is 0 Å². The van der Waals surface area contributed by atoms with Crippen LogP contribution in [-0.4, -0.2) is 18.1 Å². The third-order valence-electron chi connectivity index (χ3n) is 4.70. The van der Waals surface area contributed by atoms with E-state index in [9.17, 15) is 0 Å². The van der Waals surface area contributed by atoms with Gasteiger partial charge in [0, 0.05) is 6.07 Å². The first-order valence-electron chi connectivity index (χ1n) is 8.58. The Morgan fingerprint density at radius 1 is 1.04 bits per heavy atom. The first-order valence-corrected chi connectivity index (χ1v) is 8.58. The monoisotopic (exact) mass is 309 g/mol. The Balaban J connectivity index is 2.22. The summed E-state index contributed by atoms with van der Waals surface area (Å²) in [7, 11) is 0. The van der Waals surface area contributed by atoms with Gasteiger partial charge in [0.1, 0.15) is 24.3 Å². The summed E-state index contributed by atoms with van der Waals surface area (Å²) in [5, 5.41) is 1.19. The Bertz CT molecular complexity index is 857. The van der Waals surface area contributed by atoms with Gasteiger partial charge in [-0.3, -0.25) is 0 Å². The average molecular weight is 309 g/mol. The zero-order valence-electron chi connectivity index (χ0n) is 14.5. The summed E-state index contributed by atoms with van der Waals surface area (Å²) >= 11 is 0. The number of fused-ring (bicyclic) bond motifs is 2. The number of nitrogens with zero attached hydrogens (tertiary/aromatic N) is 2. The van der Waals surface area contributed by atoms with Crippen molar-refractivity contribution in [2.75, 3.05) is 13.1 Å². The van der Waals surface area contributed by atoms with Crippen LogP contribution >= 0.6 is 0 Å². The van der Waals surface area contributed by atoms with Gasteiger partial charge in [-0.05, 0) is 49.9 Å². The maximum Gasteiger partial charge on any atom is 0.203 e. The van der Waals surface area contributed by atoms with Crippen LogP contribution in [0.1, 0.15) is 45.6 Å². The summed E-state index contributed by atoms with van der Waals surface area (Å²) in [6.45, 7) is 10.8. The maximum absolute atomic E-state index is 6.17. The Hall–Kier alpha value is -2.16. The Labute approximate surface area is 137 Å². The largest absolute Gasteiger partial charge is 0.453 e. The van der Waals surface area contributed by atoms with Crippen molar-refractivity contribution in [1.29, 1.82) is 0 Å². The standard InChI is InChI=1S/C20H25N2O/c1-5-14(4)15-8-10-17-19(12-15)23-20-13-16(22(6-2)7-3)9-11-18(20)21-17/h8-14H,5-7H2,1-4H3/q+1. The van der Waals surface area contributed by atoms with Crippen molar-refractivity contribution in [2.45, 2.75) is 40.0 Å². The smallest absolute Gasteiger partial charge is 0.203 e.